The fraction of sp³-hybridized carbons (Fsp3) is 0.357. The van der Waals surface area contributed by atoms with Crippen LogP contribution in [0.1, 0.15) is 31.9 Å². The van der Waals surface area contributed by atoms with Crippen molar-refractivity contribution >= 4 is 28.3 Å². The van der Waals surface area contributed by atoms with Gasteiger partial charge in [-0.2, -0.15) is 0 Å². The van der Waals surface area contributed by atoms with Crippen LogP contribution in [-0.4, -0.2) is 4.98 Å². The highest BCUT2D eigenvalue weighted by Crippen LogP contribution is 2.31. The van der Waals surface area contributed by atoms with Crippen LogP contribution in [-0.2, 0) is 5.41 Å². The van der Waals surface area contributed by atoms with E-state index in [0.717, 1.165) is 27.1 Å². The van der Waals surface area contributed by atoms with E-state index in [9.17, 15) is 0 Å². The molecule has 17 heavy (non-hydrogen) atoms. The summed E-state index contributed by atoms with van der Waals surface area (Å²) in [6.45, 7) is 8.40. The number of aromatic nitrogens is 1. The average molecular weight is 249 g/mol. The number of nitrogens with zero attached hydrogens (tertiary/aromatic N) is 1. The first-order chi connectivity index (χ1) is 7.79. The van der Waals surface area contributed by atoms with Crippen molar-refractivity contribution in [3.63, 3.8) is 0 Å². The number of anilines is 1. The lowest BCUT2D eigenvalue weighted by molar-refractivity contribution is 0.591. The van der Waals surface area contributed by atoms with Crippen LogP contribution < -0.4 is 5.73 Å². The first kappa shape index (κ1) is 12.2. The highest BCUT2D eigenvalue weighted by atomic mass is 35.5. The van der Waals surface area contributed by atoms with Gasteiger partial charge in [0.15, 0.2) is 0 Å². The van der Waals surface area contributed by atoms with E-state index >= 15 is 0 Å². The second-order valence-corrected chi connectivity index (χ2v) is 5.87. The minimum absolute atomic E-state index is 0.00118. The maximum Gasteiger partial charge on any atom is 0.127 e. The summed E-state index contributed by atoms with van der Waals surface area (Å²) in [6.07, 6.45) is 0. The van der Waals surface area contributed by atoms with Crippen molar-refractivity contribution in [2.75, 3.05) is 5.73 Å². The molecular formula is C14H17ClN2. The highest BCUT2D eigenvalue weighted by Gasteiger charge is 2.18. The molecule has 2 N–H and O–H groups in total. The molecule has 0 aliphatic heterocycles. The van der Waals surface area contributed by atoms with Crippen LogP contribution in [0, 0.1) is 6.92 Å². The smallest absolute Gasteiger partial charge is 0.127 e. The third-order valence-corrected chi connectivity index (χ3v) is 3.34. The lowest BCUT2D eigenvalue weighted by Gasteiger charge is -2.21. The molecule has 0 saturated heterocycles. The fourth-order valence-corrected chi connectivity index (χ4v) is 2.08. The summed E-state index contributed by atoms with van der Waals surface area (Å²) < 4.78 is 0. The Morgan fingerprint density at radius 1 is 1.18 bits per heavy atom. The van der Waals surface area contributed by atoms with Crippen molar-refractivity contribution in [3.8, 4) is 0 Å². The molecule has 2 nitrogen and oxygen atoms in total. The normalized spacial score (nSPS) is 12.1. The number of rotatable bonds is 0. The Balaban J connectivity index is 2.76. The van der Waals surface area contributed by atoms with Gasteiger partial charge in [0.2, 0.25) is 0 Å². The van der Waals surface area contributed by atoms with Gasteiger partial charge in [0.25, 0.3) is 0 Å². The highest BCUT2D eigenvalue weighted by molar-refractivity contribution is 6.32. The number of aryl methyl sites for hydroxylation is 1. The Morgan fingerprint density at radius 2 is 1.82 bits per heavy atom. The van der Waals surface area contributed by atoms with Gasteiger partial charge in [-0.15, -0.1) is 0 Å². The van der Waals surface area contributed by atoms with Gasteiger partial charge in [0.05, 0.1) is 5.52 Å². The number of hydrogen-bond acceptors (Lipinski definition) is 2. The number of nitrogen functional groups attached to an aromatic ring is 1. The van der Waals surface area contributed by atoms with Crippen molar-refractivity contribution in [2.24, 2.45) is 0 Å². The van der Waals surface area contributed by atoms with Crippen LogP contribution >= 0.6 is 11.6 Å². The van der Waals surface area contributed by atoms with Gasteiger partial charge in [0, 0.05) is 16.0 Å². The lowest BCUT2D eigenvalue weighted by Crippen LogP contribution is -2.15. The first-order valence-corrected chi connectivity index (χ1v) is 6.03. The van der Waals surface area contributed by atoms with Crippen molar-refractivity contribution in [1.82, 2.24) is 4.98 Å². The molecule has 2 aromatic rings. The lowest BCUT2D eigenvalue weighted by atomic mass is 9.86. The van der Waals surface area contributed by atoms with Crippen LogP contribution in [0.25, 0.3) is 10.9 Å². The number of pyridine rings is 1. The summed E-state index contributed by atoms with van der Waals surface area (Å²) in [4.78, 5) is 4.44. The number of hydrogen-bond donors (Lipinski definition) is 1. The molecule has 90 valence electrons. The van der Waals surface area contributed by atoms with Crippen molar-refractivity contribution in [1.29, 1.82) is 0 Å². The summed E-state index contributed by atoms with van der Waals surface area (Å²) in [6, 6.07) is 6.04. The first-order valence-electron chi connectivity index (χ1n) is 5.66. The zero-order valence-electron chi connectivity index (χ0n) is 10.6. The maximum atomic E-state index is 6.09. The second-order valence-electron chi connectivity index (χ2n) is 5.47. The van der Waals surface area contributed by atoms with Crippen molar-refractivity contribution < 1.29 is 0 Å². The van der Waals surface area contributed by atoms with Gasteiger partial charge in [-0.3, -0.25) is 0 Å². The van der Waals surface area contributed by atoms with Gasteiger partial charge >= 0.3 is 0 Å². The topological polar surface area (TPSA) is 38.9 Å². The SMILES string of the molecule is Cc1cc2cc(C(C)(C)C)c(N)nc2cc1Cl. The van der Waals surface area contributed by atoms with Crippen molar-refractivity contribution in [2.45, 2.75) is 33.1 Å². The third kappa shape index (κ3) is 2.22. The molecule has 0 spiro atoms. The van der Waals surface area contributed by atoms with E-state index in [1.165, 1.54) is 0 Å². The maximum absolute atomic E-state index is 6.09. The van der Waals surface area contributed by atoms with E-state index < -0.39 is 0 Å². The summed E-state index contributed by atoms with van der Waals surface area (Å²) in [5, 5.41) is 1.82. The molecular weight excluding hydrogens is 232 g/mol. The molecule has 2 rings (SSSR count). The van der Waals surface area contributed by atoms with Crippen LogP contribution in [0.5, 0.6) is 0 Å². The minimum Gasteiger partial charge on any atom is -0.383 e. The molecule has 0 aliphatic carbocycles. The van der Waals surface area contributed by atoms with E-state index in [1.54, 1.807) is 0 Å². The monoisotopic (exact) mass is 248 g/mol. The fourth-order valence-electron chi connectivity index (χ4n) is 1.93. The van der Waals surface area contributed by atoms with E-state index in [0.29, 0.717) is 5.82 Å². The number of nitrogens with two attached hydrogens (primary N) is 1. The van der Waals surface area contributed by atoms with Gasteiger partial charge in [-0.1, -0.05) is 32.4 Å². The van der Waals surface area contributed by atoms with E-state index in [1.807, 2.05) is 13.0 Å². The molecule has 0 unspecified atom stereocenters. The Morgan fingerprint density at radius 3 is 2.41 bits per heavy atom. The van der Waals surface area contributed by atoms with Crippen molar-refractivity contribution in [3.05, 3.63) is 34.3 Å². The summed E-state index contributed by atoms with van der Waals surface area (Å²) in [5.41, 5.74) is 8.99. The Bertz CT molecular complexity index is 583. The van der Waals surface area contributed by atoms with Crippen LogP contribution in [0.2, 0.25) is 5.02 Å². The van der Waals surface area contributed by atoms with E-state index in [-0.39, 0.29) is 5.41 Å². The number of benzene rings is 1. The molecule has 1 heterocycles. The Hall–Kier alpha value is -1.28. The predicted octanol–water partition coefficient (Wildman–Crippen LogP) is 4.08. The molecule has 0 fully saturated rings. The molecule has 0 radical (unpaired) electrons. The van der Waals surface area contributed by atoms with Gasteiger partial charge < -0.3 is 5.73 Å². The summed E-state index contributed by atoms with van der Waals surface area (Å²) >= 11 is 6.09. The van der Waals surface area contributed by atoms with Gasteiger partial charge in [-0.05, 0) is 36.1 Å². The molecule has 0 aliphatic rings. The number of fused-ring (bicyclic) bond motifs is 1. The third-order valence-electron chi connectivity index (χ3n) is 2.93. The van der Waals surface area contributed by atoms with Crippen LogP contribution in [0.4, 0.5) is 5.82 Å². The summed E-state index contributed by atoms with van der Waals surface area (Å²) in [7, 11) is 0. The van der Waals surface area contributed by atoms with E-state index in [4.69, 9.17) is 17.3 Å². The van der Waals surface area contributed by atoms with Gasteiger partial charge in [0.1, 0.15) is 5.82 Å². The van der Waals surface area contributed by atoms with Crippen LogP contribution in [0.3, 0.4) is 0 Å². The van der Waals surface area contributed by atoms with Crippen LogP contribution in [0.15, 0.2) is 18.2 Å². The second kappa shape index (κ2) is 3.88. The minimum atomic E-state index is -0.00118. The Labute approximate surface area is 107 Å². The standard InChI is InChI=1S/C14H17ClN2/c1-8-5-9-6-10(14(2,3)4)13(16)17-12(9)7-11(8)15/h5-7H,1-4H3,(H2,16,17). The Kier molecular flexibility index (Phi) is 2.78. The zero-order chi connectivity index (χ0) is 12.8. The molecule has 0 amide bonds. The molecule has 0 saturated carbocycles. The molecule has 1 aromatic carbocycles. The zero-order valence-corrected chi connectivity index (χ0v) is 11.4. The summed E-state index contributed by atoms with van der Waals surface area (Å²) in [5.74, 6) is 0.588. The van der Waals surface area contributed by atoms with E-state index in [2.05, 4.69) is 37.9 Å². The average Bonchev–Trinajstić information content (AvgIpc) is 2.18. The quantitative estimate of drug-likeness (QED) is 0.763. The molecule has 0 atom stereocenters. The molecule has 3 heteroatoms. The van der Waals surface area contributed by atoms with Gasteiger partial charge in [-0.25, -0.2) is 4.98 Å². The largest absolute Gasteiger partial charge is 0.383 e. The molecule has 1 aromatic heterocycles. The number of halogens is 1. The predicted molar refractivity (Wildman–Crippen MR) is 74.6 cm³/mol. The molecule has 0 bridgehead atoms.